The number of amides is 1. The van der Waals surface area contributed by atoms with Crippen molar-refractivity contribution in [1.82, 2.24) is 4.90 Å². The van der Waals surface area contributed by atoms with Crippen LogP contribution in [0.5, 0.6) is 0 Å². The van der Waals surface area contributed by atoms with Crippen LogP contribution in [0.25, 0.3) is 0 Å². The highest BCUT2D eigenvalue weighted by Crippen LogP contribution is 2.33. The molecule has 1 amide bonds. The normalized spacial score (nSPS) is 28.6. The summed E-state index contributed by atoms with van der Waals surface area (Å²) >= 11 is 0. The molecule has 0 spiro atoms. The third-order valence-corrected chi connectivity index (χ3v) is 3.45. The molecule has 0 saturated carbocycles. The summed E-state index contributed by atoms with van der Waals surface area (Å²) in [5.41, 5.74) is 1.82. The zero-order chi connectivity index (χ0) is 11.1. The first-order valence-electron chi connectivity index (χ1n) is 5.83. The number of carbonyl (C=O) groups is 1. The predicted octanol–water partition coefficient (Wildman–Crippen LogP) is 2.34. The highest BCUT2D eigenvalue weighted by Gasteiger charge is 2.36. The summed E-state index contributed by atoms with van der Waals surface area (Å²) in [5, 5.41) is 0. The maximum absolute atomic E-state index is 12.3. The molecule has 84 valence electrons. The summed E-state index contributed by atoms with van der Waals surface area (Å²) in [7, 11) is 0. The molecule has 0 unspecified atom stereocenters. The van der Waals surface area contributed by atoms with E-state index in [1.165, 1.54) is 0 Å². The molecule has 1 aromatic rings. The molecular formula is C13H15NO2. The lowest BCUT2D eigenvalue weighted by Crippen LogP contribution is -2.35. The van der Waals surface area contributed by atoms with E-state index in [1.807, 2.05) is 36.1 Å². The number of hydrogen-bond acceptors (Lipinski definition) is 2. The Morgan fingerprint density at radius 2 is 2.19 bits per heavy atom. The molecule has 1 saturated heterocycles. The van der Waals surface area contributed by atoms with Crippen LogP contribution in [0.3, 0.4) is 0 Å². The topological polar surface area (TPSA) is 29.5 Å². The summed E-state index contributed by atoms with van der Waals surface area (Å²) in [6.45, 7) is 2.85. The minimum Gasteiger partial charge on any atom is -0.351 e. The van der Waals surface area contributed by atoms with Gasteiger partial charge >= 0.3 is 0 Å². The maximum atomic E-state index is 12.3. The van der Waals surface area contributed by atoms with E-state index < -0.39 is 0 Å². The average molecular weight is 217 g/mol. The minimum absolute atomic E-state index is 0.00764. The molecule has 2 aliphatic rings. The lowest BCUT2D eigenvalue weighted by Gasteiger charge is -2.22. The fourth-order valence-electron chi connectivity index (χ4n) is 2.62. The molecule has 0 aromatic heterocycles. The number of benzene rings is 1. The Hall–Kier alpha value is -1.35. The standard InChI is InChI=1S/C13H15NO2/c1-9-10-5-2-3-6-11(10)13(15)14-8-4-7-12(14)16-9/h2-3,5-6,9,12H,4,7-8H2,1H3/t9-,12-/m0/s1. The Morgan fingerprint density at radius 1 is 1.38 bits per heavy atom. The van der Waals surface area contributed by atoms with E-state index in [-0.39, 0.29) is 18.2 Å². The lowest BCUT2D eigenvalue weighted by molar-refractivity contribution is -0.0573. The number of nitrogens with zero attached hydrogens (tertiary/aromatic N) is 1. The lowest BCUT2D eigenvalue weighted by atomic mass is 10.0. The summed E-state index contributed by atoms with van der Waals surface area (Å²) in [6.07, 6.45) is 2.00. The predicted molar refractivity (Wildman–Crippen MR) is 60.0 cm³/mol. The molecule has 0 aliphatic carbocycles. The maximum Gasteiger partial charge on any atom is 0.256 e. The number of rotatable bonds is 0. The largest absolute Gasteiger partial charge is 0.351 e. The van der Waals surface area contributed by atoms with Crippen LogP contribution in [0.15, 0.2) is 24.3 Å². The molecule has 3 rings (SSSR count). The van der Waals surface area contributed by atoms with Gasteiger partial charge in [-0.25, -0.2) is 0 Å². The highest BCUT2D eigenvalue weighted by molar-refractivity contribution is 5.96. The highest BCUT2D eigenvalue weighted by atomic mass is 16.5. The van der Waals surface area contributed by atoms with Crippen LogP contribution in [0, 0.1) is 0 Å². The molecule has 2 heterocycles. The van der Waals surface area contributed by atoms with Gasteiger partial charge in [0.25, 0.3) is 5.91 Å². The Morgan fingerprint density at radius 3 is 3.06 bits per heavy atom. The van der Waals surface area contributed by atoms with E-state index in [4.69, 9.17) is 4.74 Å². The van der Waals surface area contributed by atoms with Gasteiger partial charge in [0.2, 0.25) is 0 Å². The molecule has 1 aromatic carbocycles. The molecule has 2 aliphatic heterocycles. The SMILES string of the molecule is C[C@@H]1O[C@H]2CCCN2C(=O)c2ccccc21. The van der Waals surface area contributed by atoms with Crippen LogP contribution >= 0.6 is 0 Å². The van der Waals surface area contributed by atoms with E-state index in [2.05, 4.69) is 0 Å². The second kappa shape index (κ2) is 3.59. The van der Waals surface area contributed by atoms with Gasteiger partial charge in [0.1, 0.15) is 6.23 Å². The van der Waals surface area contributed by atoms with Crippen molar-refractivity contribution in [3.05, 3.63) is 35.4 Å². The molecular weight excluding hydrogens is 202 g/mol. The molecule has 16 heavy (non-hydrogen) atoms. The van der Waals surface area contributed by atoms with Crippen molar-refractivity contribution in [2.75, 3.05) is 6.54 Å². The van der Waals surface area contributed by atoms with Crippen LogP contribution in [-0.2, 0) is 4.74 Å². The second-order valence-corrected chi connectivity index (χ2v) is 4.46. The van der Waals surface area contributed by atoms with Crippen molar-refractivity contribution in [3.8, 4) is 0 Å². The minimum atomic E-state index is -0.0186. The van der Waals surface area contributed by atoms with Gasteiger partial charge in [0.15, 0.2) is 0 Å². The Labute approximate surface area is 95.0 Å². The van der Waals surface area contributed by atoms with Gasteiger partial charge in [0.05, 0.1) is 6.10 Å². The zero-order valence-corrected chi connectivity index (χ0v) is 9.35. The molecule has 0 radical (unpaired) electrons. The van der Waals surface area contributed by atoms with Gasteiger partial charge in [0, 0.05) is 12.1 Å². The van der Waals surface area contributed by atoms with Gasteiger partial charge in [-0.05, 0) is 31.4 Å². The van der Waals surface area contributed by atoms with E-state index in [9.17, 15) is 4.79 Å². The van der Waals surface area contributed by atoms with Crippen LogP contribution < -0.4 is 0 Å². The average Bonchev–Trinajstić information content (AvgIpc) is 2.72. The van der Waals surface area contributed by atoms with Crippen molar-refractivity contribution in [3.63, 3.8) is 0 Å². The number of hydrogen-bond donors (Lipinski definition) is 0. The Kier molecular flexibility index (Phi) is 2.21. The van der Waals surface area contributed by atoms with E-state index >= 15 is 0 Å². The van der Waals surface area contributed by atoms with E-state index in [1.54, 1.807) is 0 Å². The molecule has 1 fully saturated rings. The summed E-state index contributed by atoms with van der Waals surface area (Å²) in [6, 6.07) is 7.76. The summed E-state index contributed by atoms with van der Waals surface area (Å²) in [5.74, 6) is 0.127. The van der Waals surface area contributed by atoms with Gasteiger partial charge in [-0.3, -0.25) is 4.79 Å². The third-order valence-electron chi connectivity index (χ3n) is 3.45. The van der Waals surface area contributed by atoms with Gasteiger partial charge < -0.3 is 9.64 Å². The molecule has 0 bridgehead atoms. The molecule has 0 N–H and O–H groups in total. The van der Waals surface area contributed by atoms with Gasteiger partial charge in [-0.15, -0.1) is 0 Å². The third kappa shape index (κ3) is 1.35. The zero-order valence-electron chi connectivity index (χ0n) is 9.35. The van der Waals surface area contributed by atoms with E-state index in [0.717, 1.165) is 30.5 Å². The van der Waals surface area contributed by atoms with Crippen LogP contribution in [0.1, 0.15) is 41.8 Å². The summed E-state index contributed by atoms with van der Waals surface area (Å²) in [4.78, 5) is 14.2. The number of fused-ring (bicyclic) bond motifs is 2. The van der Waals surface area contributed by atoms with E-state index in [0.29, 0.717) is 0 Å². The molecule has 3 nitrogen and oxygen atoms in total. The van der Waals surface area contributed by atoms with Crippen LogP contribution in [0.4, 0.5) is 0 Å². The fourth-order valence-corrected chi connectivity index (χ4v) is 2.62. The smallest absolute Gasteiger partial charge is 0.256 e. The van der Waals surface area contributed by atoms with Gasteiger partial charge in [-0.2, -0.15) is 0 Å². The Balaban J connectivity index is 2.09. The molecule has 3 heteroatoms. The van der Waals surface area contributed by atoms with Crippen molar-refractivity contribution in [2.24, 2.45) is 0 Å². The second-order valence-electron chi connectivity index (χ2n) is 4.46. The molecule has 2 atom stereocenters. The van der Waals surface area contributed by atoms with Crippen LogP contribution in [0.2, 0.25) is 0 Å². The van der Waals surface area contributed by atoms with Gasteiger partial charge in [-0.1, -0.05) is 18.2 Å². The van der Waals surface area contributed by atoms with Crippen molar-refractivity contribution in [1.29, 1.82) is 0 Å². The monoisotopic (exact) mass is 217 g/mol. The fraction of sp³-hybridized carbons (Fsp3) is 0.462. The first kappa shape index (κ1) is 9.85. The van der Waals surface area contributed by atoms with Crippen molar-refractivity contribution < 1.29 is 9.53 Å². The first-order valence-corrected chi connectivity index (χ1v) is 5.83. The number of carbonyl (C=O) groups excluding carboxylic acids is 1. The quantitative estimate of drug-likeness (QED) is 0.667. The van der Waals surface area contributed by atoms with Crippen molar-refractivity contribution in [2.45, 2.75) is 32.1 Å². The van der Waals surface area contributed by atoms with Crippen LogP contribution in [-0.4, -0.2) is 23.6 Å². The Bertz CT molecular complexity index is 430. The first-order chi connectivity index (χ1) is 7.77. The van der Waals surface area contributed by atoms with Crippen molar-refractivity contribution >= 4 is 5.91 Å². The number of ether oxygens (including phenoxy) is 1. The summed E-state index contributed by atoms with van der Waals surface area (Å²) < 4.78 is 5.94.